The van der Waals surface area contributed by atoms with E-state index in [-0.39, 0.29) is 12.3 Å². The molecule has 1 fully saturated rings. The molecule has 1 amide bonds. The third kappa shape index (κ3) is 3.72. The Hall–Kier alpha value is -2.71. The summed E-state index contributed by atoms with van der Waals surface area (Å²) in [5.74, 6) is 0.729. The number of hydrogen-bond acceptors (Lipinski definition) is 6. The molecule has 0 N–H and O–H groups in total. The Labute approximate surface area is 160 Å². The van der Waals surface area contributed by atoms with Crippen molar-refractivity contribution >= 4 is 17.5 Å². The second-order valence-corrected chi connectivity index (χ2v) is 6.71. The maximum Gasteiger partial charge on any atom is 0.261 e. The van der Waals surface area contributed by atoms with Crippen molar-refractivity contribution in [3.05, 3.63) is 53.1 Å². The summed E-state index contributed by atoms with van der Waals surface area (Å²) in [5.41, 5.74) is 1.51. The van der Waals surface area contributed by atoms with E-state index in [0.29, 0.717) is 36.5 Å². The standard InChI is InChI=1S/C18H18ClN5O3/c1-23-10-13(9-20-23)18-21-17(22-27-18)15-11-26-7-6-24(15)16(25)8-12-4-2-3-5-14(12)19/h2-5,9-10,15H,6-8,11H2,1H3/t15-/m0/s1. The number of aromatic nitrogens is 4. The molecule has 9 heteroatoms. The quantitative estimate of drug-likeness (QED) is 0.682. The minimum absolute atomic E-state index is 0.0517. The molecule has 140 valence electrons. The molecule has 0 saturated carbocycles. The number of hydrogen-bond donors (Lipinski definition) is 0. The molecule has 0 radical (unpaired) electrons. The molecule has 2 aromatic heterocycles. The van der Waals surface area contributed by atoms with Crippen molar-refractivity contribution in [3.63, 3.8) is 0 Å². The lowest BCUT2D eigenvalue weighted by molar-refractivity contribution is -0.139. The van der Waals surface area contributed by atoms with Gasteiger partial charge in [0.2, 0.25) is 5.91 Å². The Morgan fingerprint density at radius 3 is 3.00 bits per heavy atom. The Balaban J connectivity index is 1.55. The van der Waals surface area contributed by atoms with E-state index in [4.69, 9.17) is 20.9 Å². The summed E-state index contributed by atoms with van der Waals surface area (Å²) < 4.78 is 12.6. The Bertz CT molecular complexity index is 954. The van der Waals surface area contributed by atoms with Crippen LogP contribution in [0.3, 0.4) is 0 Å². The van der Waals surface area contributed by atoms with Crippen molar-refractivity contribution in [3.8, 4) is 11.5 Å². The molecular weight excluding hydrogens is 370 g/mol. The molecule has 1 saturated heterocycles. The van der Waals surface area contributed by atoms with Gasteiger partial charge in [-0.3, -0.25) is 9.48 Å². The number of benzene rings is 1. The molecule has 0 unspecified atom stereocenters. The van der Waals surface area contributed by atoms with Gasteiger partial charge in [0.15, 0.2) is 5.82 Å². The number of ether oxygens (including phenoxy) is 1. The van der Waals surface area contributed by atoms with Gasteiger partial charge in [-0.25, -0.2) is 0 Å². The van der Waals surface area contributed by atoms with Crippen LogP contribution >= 0.6 is 11.6 Å². The number of morpholine rings is 1. The normalized spacial score (nSPS) is 17.3. The number of rotatable bonds is 4. The molecule has 1 aromatic carbocycles. The van der Waals surface area contributed by atoms with Gasteiger partial charge < -0.3 is 14.2 Å². The van der Waals surface area contributed by atoms with E-state index in [1.807, 2.05) is 25.2 Å². The number of carbonyl (C=O) groups is 1. The van der Waals surface area contributed by atoms with Gasteiger partial charge in [0.05, 0.1) is 31.4 Å². The zero-order chi connectivity index (χ0) is 18.8. The fraction of sp³-hybridized carbons (Fsp3) is 0.333. The predicted molar refractivity (Wildman–Crippen MR) is 96.9 cm³/mol. The number of nitrogens with zero attached hydrogens (tertiary/aromatic N) is 5. The van der Waals surface area contributed by atoms with E-state index in [0.717, 1.165) is 11.1 Å². The largest absolute Gasteiger partial charge is 0.377 e. The van der Waals surface area contributed by atoms with Crippen LogP contribution in [0.5, 0.6) is 0 Å². The highest BCUT2D eigenvalue weighted by Gasteiger charge is 2.32. The molecule has 1 aliphatic heterocycles. The van der Waals surface area contributed by atoms with Crippen LogP contribution in [0.1, 0.15) is 17.4 Å². The average Bonchev–Trinajstić information content (AvgIpc) is 3.32. The topological polar surface area (TPSA) is 86.3 Å². The first-order valence-corrected chi connectivity index (χ1v) is 8.93. The number of amides is 1. The third-order valence-electron chi connectivity index (χ3n) is 4.44. The smallest absolute Gasteiger partial charge is 0.261 e. The summed E-state index contributed by atoms with van der Waals surface area (Å²) in [6, 6.07) is 6.94. The van der Waals surface area contributed by atoms with E-state index in [1.54, 1.807) is 28.0 Å². The van der Waals surface area contributed by atoms with Crippen LogP contribution in [-0.4, -0.2) is 50.5 Å². The fourth-order valence-corrected chi connectivity index (χ4v) is 3.24. The Kier molecular flexibility index (Phi) is 4.91. The van der Waals surface area contributed by atoms with E-state index < -0.39 is 6.04 Å². The average molecular weight is 388 g/mol. The van der Waals surface area contributed by atoms with Crippen LogP contribution in [0.2, 0.25) is 5.02 Å². The van der Waals surface area contributed by atoms with Crippen LogP contribution in [-0.2, 0) is 23.0 Å². The minimum Gasteiger partial charge on any atom is -0.377 e. The molecule has 1 atom stereocenters. The fourth-order valence-electron chi connectivity index (χ4n) is 3.04. The first-order chi connectivity index (χ1) is 13.1. The molecule has 3 aromatic rings. The monoisotopic (exact) mass is 387 g/mol. The van der Waals surface area contributed by atoms with Crippen molar-refractivity contribution in [1.82, 2.24) is 24.8 Å². The lowest BCUT2D eigenvalue weighted by atomic mass is 10.1. The summed E-state index contributed by atoms with van der Waals surface area (Å²) in [6.07, 6.45) is 3.65. The van der Waals surface area contributed by atoms with E-state index in [9.17, 15) is 4.79 Å². The number of halogens is 1. The minimum atomic E-state index is -0.400. The molecule has 0 aliphatic carbocycles. The first kappa shape index (κ1) is 17.7. The molecule has 1 aliphatic rings. The van der Waals surface area contributed by atoms with Gasteiger partial charge in [-0.1, -0.05) is 35.0 Å². The second kappa shape index (κ2) is 7.50. The van der Waals surface area contributed by atoms with Gasteiger partial charge in [0.25, 0.3) is 5.89 Å². The molecule has 27 heavy (non-hydrogen) atoms. The lowest BCUT2D eigenvalue weighted by Gasteiger charge is -2.33. The second-order valence-electron chi connectivity index (χ2n) is 6.31. The van der Waals surface area contributed by atoms with Gasteiger partial charge in [0, 0.05) is 24.8 Å². The van der Waals surface area contributed by atoms with E-state index in [1.165, 1.54) is 0 Å². The van der Waals surface area contributed by atoms with Crippen LogP contribution < -0.4 is 0 Å². The summed E-state index contributed by atoms with van der Waals surface area (Å²) in [4.78, 5) is 19.1. The zero-order valence-electron chi connectivity index (χ0n) is 14.7. The van der Waals surface area contributed by atoms with Crippen molar-refractivity contribution < 1.29 is 14.1 Å². The molecular formula is C18H18ClN5O3. The van der Waals surface area contributed by atoms with Gasteiger partial charge in [-0.2, -0.15) is 10.1 Å². The van der Waals surface area contributed by atoms with Crippen LogP contribution in [0.15, 0.2) is 41.2 Å². The van der Waals surface area contributed by atoms with Gasteiger partial charge >= 0.3 is 0 Å². The maximum absolute atomic E-state index is 12.9. The van der Waals surface area contributed by atoms with Gasteiger partial charge in [-0.05, 0) is 11.6 Å². The predicted octanol–water partition coefficient (Wildman–Crippen LogP) is 2.27. The van der Waals surface area contributed by atoms with Crippen molar-refractivity contribution in [2.24, 2.45) is 7.05 Å². The summed E-state index contributed by atoms with van der Waals surface area (Å²) in [6.45, 7) is 1.25. The summed E-state index contributed by atoms with van der Waals surface area (Å²) in [5, 5.41) is 8.74. The maximum atomic E-state index is 12.9. The first-order valence-electron chi connectivity index (χ1n) is 8.55. The molecule has 4 rings (SSSR count). The Morgan fingerprint density at radius 2 is 2.22 bits per heavy atom. The molecule has 0 bridgehead atoms. The molecule has 3 heterocycles. The van der Waals surface area contributed by atoms with Crippen molar-refractivity contribution in [2.75, 3.05) is 19.8 Å². The van der Waals surface area contributed by atoms with Crippen LogP contribution in [0.4, 0.5) is 0 Å². The lowest BCUT2D eigenvalue weighted by Crippen LogP contribution is -2.44. The molecule has 0 spiro atoms. The highest BCUT2D eigenvalue weighted by molar-refractivity contribution is 6.31. The van der Waals surface area contributed by atoms with Crippen molar-refractivity contribution in [1.29, 1.82) is 0 Å². The van der Waals surface area contributed by atoms with Gasteiger partial charge in [0.1, 0.15) is 6.04 Å². The van der Waals surface area contributed by atoms with Crippen molar-refractivity contribution in [2.45, 2.75) is 12.5 Å². The highest BCUT2D eigenvalue weighted by atomic mass is 35.5. The molecule has 8 nitrogen and oxygen atoms in total. The number of aryl methyl sites for hydroxylation is 1. The number of carbonyl (C=O) groups excluding carboxylic acids is 1. The zero-order valence-corrected chi connectivity index (χ0v) is 15.5. The highest BCUT2D eigenvalue weighted by Crippen LogP contribution is 2.26. The van der Waals surface area contributed by atoms with Crippen LogP contribution in [0.25, 0.3) is 11.5 Å². The third-order valence-corrected chi connectivity index (χ3v) is 4.81. The van der Waals surface area contributed by atoms with E-state index >= 15 is 0 Å². The summed E-state index contributed by atoms with van der Waals surface area (Å²) in [7, 11) is 1.81. The SMILES string of the molecule is Cn1cc(-c2nc([C@@H]3COCCN3C(=O)Cc3ccccc3Cl)no2)cn1. The summed E-state index contributed by atoms with van der Waals surface area (Å²) >= 11 is 6.19. The Morgan fingerprint density at radius 1 is 1.37 bits per heavy atom. The van der Waals surface area contributed by atoms with Gasteiger partial charge in [-0.15, -0.1) is 0 Å². The van der Waals surface area contributed by atoms with E-state index in [2.05, 4.69) is 15.2 Å². The van der Waals surface area contributed by atoms with Crippen LogP contribution in [0, 0.1) is 0 Å².